The van der Waals surface area contributed by atoms with Gasteiger partial charge in [-0.15, -0.1) is 5.10 Å². The van der Waals surface area contributed by atoms with Crippen LogP contribution >= 0.6 is 23.2 Å². The van der Waals surface area contributed by atoms with Gasteiger partial charge in [-0.05, 0) is 55.0 Å². The second-order valence-electron chi connectivity index (χ2n) is 6.58. The summed E-state index contributed by atoms with van der Waals surface area (Å²) >= 11 is 12.4. The van der Waals surface area contributed by atoms with Crippen molar-refractivity contribution in [2.45, 2.75) is 6.92 Å². The van der Waals surface area contributed by atoms with Gasteiger partial charge < -0.3 is 5.32 Å². The lowest BCUT2D eigenvalue weighted by Crippen LogP contribution is -2.14. The summed E-state index contributed by atoms with van der Waals surface area (Å²) in [6.45, 7) is 1.89. The molecule has 0 aliphatic heterocycles. The third kappa shape index (κ3) is 4.20. The molecular weight excluding hydrogens is 426 g/mol. The minimum atomic E-state index is -0.569. The molecule has 3 aromatic carbocycles. The highest BCUT2D eigenvalue weighted by Crippen LogP contribution is 2.26. The van der Waals surface area contributed by atoms with Gasteiger partial charge in [0.15, 0.2) is 5.82 Å². The van der Waals surface area contributed by atoms with Gasteiger partial charge in [0.05, 0.1) is 5.69 Å². The van der Waals surface area contributed by atoms with Gasteiger partial charge in [0, 0.05) is 21.3 Å². The SMILES string of the molecule is Cc1ccc(-n2nc(C(=O)Nc3cccc(F)c3)nc2-c2cccc(Cl)c2)cc1Cl. The fraction of sp³-hybridized carbons (Fsp3) is 0.0455. The Bertz CT molecular complexity index is 1260. The van der Waals surface area contributed by atoms with Crippen LogP contribution in [0, 0.1) is 12.7 Å². The molecule has 0 saturated heterocycles. The van der Waals surface area contributed by atoms with Crippen LogP contribution in [0.15, 0.2) is 66.7 Å². The van der Waals surface area contributed by atoms with Gasteiger partial charge in [-0.1, -0.05) is 47.5 Å². The quantitative estimate of drug-likeness (QED) is 0.426. The van der Waals surface area contributed by atoms with Gasteiger partial charge in [0.1, 0.15) is 5.82 Å². The number of aromatic nitrogens is 3. The number of aryl methyl sites for hydroxylation is 1. The highest BCUT2D eigenvalue weighted by atomic mass is 35.5. The fourth-order valence-electron chi connectivity index (χ4n) is 2.87. The molecule has 0 bridgehead atoms. The van der Waals surface area contributed by atoms with Gasteiger partial charge in [-0.3, -0.25) is 4.79 Å². The first-order valence-electron chi connectivity index (χ1n) is 8.97. The monoisotopic (exact) mass is 440 g/mol. The van der Waals surface area contributed by atoms with E-state index in [1.165, 1.54) is 22.9 Å². The Morgan fingerprint density at radius 3 is 2.57 bits per heavy atom. The minimum absolute atomic E-state index is 0.0778. The molecule has 0 radical (unpaired) electrons. The van der Waals surface area contributed by atoms with Crippen molar-refractivity contribution in [1.82, 2.24) is 14.8 Å². The van der Waals surface area contributed by atoms with E-state index in [-0.39, 0.29) is 5.82 Å². The highest BCUT2D eigenvalue weighted by molar-refractivity contribution is 6.31. The lowest BCUT2D eigenvalue weighted by atomic mass is 10.2. The zero-order valence-electron chi connectivity index (χ0n) is 15.7. The lowest BCUT2D eigenvalue weighted by Gasteiger charge is -2.08. The average molecular weight is 441 g/mol. The highest BCUT2D eigenvalue weighted by Gasteiger charge is 2.20. The summed E-state index contributed by atoms with van der Waals surface area (Å²) in [5, 5.41) is 8.06. The van der Waals surface area contributed by atoms with E-state index in [1.54, 1.807) is 30.3 Å². The van der Waals surface area contributed by atoms with Gasteiger partial charge in [0.25, 0.3) is 5.91 Å². The Morgan fingerprint density at radius 1 is 1.03 bits per heavy atom. The Morgan fingerprint density at radius 2 is 1.83 bits per heavy atom. The third-order valence-electron chi connectivity index (χ3n) is 4.38. The summed E-state index contributed by atoms with van der Waals surface area (Å²) in [5.41, 5.74) is 2.53. The van der Waals surface area contributed by atoms with Crippen LogP contribution in [0.3, 0.4) is 0 Å². The number of amides is 1. The molecule has 8 heteroatoms. The van der Waals surface area contributed by atoms with Gasteiger partial charge in [-0.2, -0.15) is 0 Å². The van der Waals surface area contributed by atoms with Crippen LogP contribution in [-0.2, 0) is 0 Å². The number of benzene rings is 3. The molecule has 0 spiro atoms. The number of nitrogens with one attached hydrogen (secondary N) is 1. The molecule has 0 atom stereocenters. The van der Waals surface area contributed by atoms with Crippen molar-refractivity contribution in [1.29, 1.82) is 0 Å². The van der Waals surface area contributed by atoms with Crippen LogP contribution in [0.5, 0.6) is 0 Å². The number of hydrogen-bond acceptors (Lipinski definition) is 3. The molecule has 1 N–H and O–H groups in total. The van der Waals surface area contributed by atoms with Crippen LogP contribution in [0.25, 0.3) is 17.1 Å². The zero-order chi connectivity index (χ0) is 21.3. The number of nitrogens with zero attached hydrogens (tertiary/aromatic N) is 3. The fourth-order valence-corrected chi connectivity index (χ4v) is 3.23. The van der Waals surface area contributed by atoms with E-state index in [1.807, 2.05) is 25.1 Å². The predicted molar refractivity (Wildman–Crippen MR) is 116 cm³/mol. The van der Waals surface area contributed by atoms with E-state index in [2.05, 4.69) is 15.4 Å². The molecular formula is C22H15Cl2FN4O. The summed E-state index contributed by atoms with van der Waals surface area (Å²) in [7, 11) is 0. The molecule has 1 heterocycles. The summed E-state index contributed by atoms with van der Waals surface area (Å²) in [6.07, 6.45) is 0. The van der Waals surface area contributed by atoms with E-state index >= 15 is 0 Å². The molecule has 0 aliphatic rings. The van der Waals surface area contributed by atoms with E-state index in [0.717, 1.165) is 5.56 Å². The summed E-state index contributed by atoms with van der Waals surface area (Å²) in [5.74, 6) is -0.686. The molecule has 5 nitrogen and oxygen atoms in total. The van der Waals surface area contributed by atoms with Crippen molar-refractivity contribution < 1.29 is 9.18 Å². The Kier molecular flexibility index (Phi) is 5.53. The maximum Gasteiger partial charge on any atom is 0.295 e. The van der Waals surface area contributed by atoms with Gasteiger partial charge >= 0.3 is 0 Å². The van der Waals surface area contributed by atoms with E-state index in [0.29, 0.717) is 32.8 Å². The number of carbonyl (C=O) groups excluding carboxylic acids is 1. The average Bonchev–Trinajstić information content (AvgIpc) is 3.16. The first-order valence-corrected chi connectivity index (χ1v) is 9.73. The first kappa shape index (κ1) is 20.1. The number of halogens is 3. The van der Waals surface area contributed by atoms with Crippen LogP contribution in [0.2, 0.25) is 10.0 Å². The molecule has 4 rings (SSSR count). The molecule has 0 saturated carbocycles. The molecule has 150 valence electrons. The molecule has 1 amide bonds. The van der Waals surface area contributed by atoms with Crippen molar-refractivity contribution in [2.24, 2.45) is 0 Å². The normalized spacial score (nSPS) is 10.8. The van der Waals surface area contributed by atoms with Crippen molar-refractivity contribution >= 4 is 34.8 Å². The summed E-state index contributed by atoms with van der Waals surface area (Å²) in [4.78, 5) is 17.1. The zero-order valence-corrected chi connectivity index (χ0v) is 17.2. The molecule has 0 fully saturated rings. The lowest BCUT2D eigenvalue weighted by molar-refractivity contribution is 0.101. The number of carbonyl (C=O) groups is 1. The van der Waals surface area contributed by atoms with Crippen molar-refractivity contribution in [3.63, 3.8) is 0 Å². The molecule has 4 aromatic rings. The van der Waals surface area contributed by atoms with E-state index in [4.69, 9.17) is 23.2 Å². The van der Waals surface area contributed by atoms with Crippen LogP contribution in [-0.4, -0.2) is 20.7 Å². The van der Waals surface area contributed by atoms with Gasteiger partial charge in [-0.25, -0.2) is 14.1 Å². The molecule has 0 aliphatic carbocycles. The molecule has 30 heavy (non-hydrogen) atoms. The maximum absolute atomic E-state index is 13.4. The maximum atomic E-state index is 13.4. The van der Waals surface area contributed by atoms with Crippen molar-refractivity contribution in [2.75, 3.05) is 5.32 Å². The Balaban J connectivity index is 1.79. The van der Waals surface area contributed by atoms with Crippen molar-refractivity contribution in [3.05, 3.63) is 94.0 Å². The predicted octanol–water partition coefficient (Wildman–Crippen LogP) is 5.94. The standard InChI is InChI=1S/C22H15Cl2FN4O/c1-13-8-9-18(12-19(13)24)29-21(14-4-2-5-15(23)10-14)27-20(28-29)22(30)26-17-7-3-6-16(25)11-17/h2-12H,1H3,(H,26,30). The smallest absolute Gasteiger partial charge is 0.295 e. The topological polar surface area (TPSA) is 59.8 Å². The number of rotatable bonds is 4. The van der Waals surface area contributed by atoms with Crippen LogP contribution < -0.4 is 5.32 Å². The molecule has 1 aromatic heterocycles. The van der Waals surface area contributed by atoms with E-state index < -0.39 is 11.7 Å². The van der Waals surface area contributed by atoms with Crippen LogP contribution in [0.1, 0.15) is 16.2 Å². The molecule has 0 unspecified atom stereocenters. The Hall–Kier alpha value is -3.22. The van der Waals surface area contributed by atoms with Crippen LogP contribution in [0.4, 0.5) is 10.1 Å². The second-order valence-corrected chi connectivity index (χ2v) is 7.42. The number of anilines is 1. The second kappa shape index (κ2) is 8.26. The van der Waals surface area contributed by atoms with Gasteiger partial charge in [0.2, 0.25) is 5.82 Å². The summed E-state index contributed by atoms with van der Waals surface area (Å²) in [6, 6.07) is 18.1. The Labute approximate surface area is 182 Å². The number of hydrogen-bond donors (Lipinski definition) is 1. The minimum Gasteiger partial charge on any atom is -0.319 e. The van der Waals surface area contributed by atoms with Crippen molar-refractivity contribution in [3.8, 4) is 17.1 Å². The summed E-state index contributed by atoms with van der Waals surface area (Å²) < 4.78 is 15.0. The third-order valence-corrected chi connectivity index (χ3v) is 5.02. The largest absolute Gasteiger partial charge is 0.319 e. The first-order chi connectivity index (χ1) is 14.4. The van der Waals surface area contributed by atoms with E-state index in [9.17, 15) is 9.18 Å².